The van der Waals surface area contributed by atoms with Gasteiger partial charge in [0.15, 0.2) is 0 Å². The molecule has 0 amide bonds. The molecule has 0 aromatic carbocycles. The average molecular weight is 211 g/mol. The Morgan fingerprint density at radius 2 is 1.87 bits per heavy atom. The van der Waals surface area contributed by atoms with E-state index in [2.05, 4.69) is 11.8 Å². The summed E-state index contributed by atoms with van der Waals surface area (Å²) in [6, 6.07) is 0.554. The third-order valence-corrected chi connectivity index (χ3v) is 4.09. The Hall–Kier alpha value is -0.570. The first-order chi connectivity index (χ1) is 7.16. The number of nitrogens with zero attached hydrogens (tertiary/aromatic N) is 1. The summed E-state index contributed by atoms with van der Waals surface area (Å²) in [4.78, 5) is 13.4. The number of carboxylic acids is 1. The lowest BCUT2D eigenvalue weighted by atomic mass is 9.97. The van der Waals surface area contributed by atoms with Crippen LogP contribution < -0.4 is 0 Å². The lowest BCUT2D eigenvalue weighted by molar-refractivity contribution is -0.141. The van der Waals surface area contributed by atoms with Gasteiger partial charge in [-0.2, -0.15) is 0 Å². The fourth-order valence-electron chi connectivity index (χ4n) is 2.91. The molecule has 0 unspecified atom stereocenters. The summed E-state index contributed by atoms with van der Waals surface area (Å²) in [5.74, 6) is 0.190. The van der Waals surface area contributed by atoms with E-state index in [4.69, 9.17) is 5.11 Å². The van der Waals surface area contributed by atoms with Crippen molar-refractivity contribution in [2.24, 2.45) is 11.8 Å². The summed E-state index contributed by atoms with van der Waals surface area (Å²) in [5, 5.41) is 8.95. The van der Waals surface area contributed by atoms with Crippen molar-refractivity contribution in [2.75, 3.05) is 13.1 Å². The molecule has 0 bridgehead atoms. The van der Waals surface area contributed by atoms with E-state index in [1.807, 2.05) is 0 Å². The second kappa shape index (κ2) is 4.52. The van der Waals surface area contributed by atoms with Crippen LogP contribution in [-0.2, 0) is 4.79 Å². The zero-order valence-corrected chi connectivity index (χ0v) is 9.48. The highest BCUT2D eigenvalue weighted by atomic mass is 16.4. The molecule has 2 atom stereocenters. The van der Waals surface area contributed by atoms with Crippen LogP contribution in [0.15, 0.2) is 0 Å². The van der Waals surface area contributed by atoms with Crippen LogP contribution in [0, 0.1) is 11.8 Å². The SMILES string of the molecule is CC1CCN([C@H]2CC[C@@H](C(=O)O)C2)CC1. The maximum absolute atomic E-state index is 10.9. The first-order valence-corrected chi connectivity index (χ1v) is 6.13. The maximum atomic E-state index is 10.9. The first kappa shape index (κ1) is 10.9. The van der Waals surface area contributed by atoms with Gasteiger partial charge in [0.25, 0.3) is 0 Å². The molecule has 1 aliphatic carbocycles. The van der Waals surface area contributed by atoms with Crippen LogP contribution >= 0.6 is 0 Å². The van der Waals surface area contributed by atoms with E-state index in [0.717, 1.165) is 25.2 Å². The molecule has 1 heterocycles. The summed E-state index contributed by atoms with van der Waals surface area (Å²) < 4.78 is 0. The highest BCUT2D eigenvalue weighted by Gasteiger charge is 2.33. The summed E-state index contributed by atoms with van der Waals surface area (Å²) in [5.41, 5.74) is 0. The normalized spacial score (nSPS) is 34.5. The predicted molar refractivity (Wildman–Crippen MR) is 58.7 cm³/mol. The van der Waals surface area contributed by atoms with Gasteiger partial charge < -0.3 is 10.0 Å². The lowest BCUT2D eigenvalue weighted by Crippen LogP contribution is -2.39. The molecule has 1 saturated heterocycles. The van der Waals surface area contributed by atoms with E-state index < -0.39 is 5.97 Å². The van der Waals surface area contributed by atoms with Gasteiger partial charge >= 0.3 is 5.97 Å². The molecule has 2 fully saturated rings. The monoisotopic (exact) mass is 211 g/mol. The fraction of sp³-hybridized carbons (Fsp3) is 0.917. The Morgan fingerprint density at radius 1 is 1.20 bits per heavy atom. The zero-order chi connectivity index (χ0) is 10.8. The second-order valence-corrected chi connectivity index (χ2v) is 5.22. The molecular formula is C12H21NO2. The van der Waals surface area contributed by atoms with Crippen LogP contribution in [0.3, 0.4) is 0 Å². The average Bonchev–Trinajstić information content (AvgIpc) is 2.68. The number of piperidine rings is 1. The standard InChI is InChI=1S/C12H21NO2/c1-9-4-6-13(7-5-9)11-3-2-10(8-11)12(14)15/h9-11H,2-8H2,1H3,(H,14,15)/t10-,11+/m1/s1. The van der Waals surface area contributed by atoms with Crippen molar-refractivity contribution in [1.82, 2.24) is 4.90 Å². The van der Waals surface area contributed by atoms with Crippen LogP contribution in [-0.4, -0.2) is 35.1 Å². The third kappa shape index (κ3) is 2.51. The Bertz CT molecular complexity index is 234. The number of carbonyl (C=O) groups is 1. The van der Waals surface area contributed by atoms with Crippen molar-refractivity contribution in [2.45, 2.75) is 45.1 Å². The summed E-state index contributed by atoms with van der Waals surface area (Å²) in [7, 11) is 0. The molecule has 0 aromatic heterocycles. The molecule has 0 radical (unpaired) electrons. The van der Waals surface area contributed by atoms with Crippen LogP contribution in [0.4, 0.5) is 0 Å². The number of aliphatic carboxylic acids is 1. The largest absolute Gasteiger partial charge is 0.481 e. The molecule has 2 rings (SSSR count). The van der Waals surface area contributed by atoms with Crippen LogP contribution in [0.1, 0.15) is 39.0 Å². The number of hydrogen-bond acceptors (Lipinski definition) is 2. The van der Waals surface area contributed by atoms with E-state index in [1.54, 1.807) is 0 Å². The minimum Gasteiger partial charge on any atom is -0.481 e. The van der Waals surface area contributed by atoms with Crippen LogP contribution in [0.25, 0.3) is 0 Å². The van der Waals surface area contributed by atoms with Crippen molar-refractivity contribution >= 4 is 5.97 Å². The molecular weight excluding hydrogens is 190 g/mol. The molecule has 1 N–H and O–H groups in total. The van der Waals surface area contributed by atoms with Gasteiger partial charge in [0, 0.05) is 6.04 Å². The van der Waals surface area contributed by atoms with Gasteiger partial charge in [0.2, 0.25) is 0 Å². The van der Waals surface area contributed by atoms with Gasteiger partial charge in [-0.1, -0.05) is 6.92 Å². The fourth-order valence-corrected chi connectivity index (χ4v) is 2.91. The molecule has 1 aliphatic heterocycles. The number of rotatable bonds is 2. The third-order valence-electron chi connectivity index (χ3n) is 4.09. The van der Waals surface area contributed by atoms with E-state index in [1.165, 1.54) is 25.9 Å². The summed E-state index contributed by atoms with van der Waals surface area (Å²) in [6.07, 6.45) is 5.42. The molecule has 0 aromatic rings. The molecule has 2 aliphatic rings. The van der Waals surface area contributed by atoms with E-state index in [0.29, 0.717) is 6.04 Å². The summed E-state index contributed by atoms with van der Waals surface area (Å²) in [6.45, 7) is 4.67. The topological polar surface area (TPSA) is 40.5 Å². The van der Waals surface area contributed by atoms with Crippen molar-refractivity contribution in [3.8, 4) is 0 Å². The number of carboxylic acid groups (broad SMARTS) is 1. The van der Waals surface area contributed by atoms with Gasteiger partial charge in [-0.15, -0.1) is 0 Å². The Labute approximate surface area is 91.5 Å². The first-order valence-electron chi connectivity index (χ1n) is 6.13. The van der Waals surface area contributed by atoms with Gasteiger partial charge in [-0.05, 0) is 51.1 Å². The molecule has 3 heteroatoms. The van der Waals surface area contributed by atoms with Crippen molar-refractivity contribution in [3.63, 3.8) is 0 Å². The Kier molecular flexibility index (Phi) is 3.29. The smallest absolute Gasteiger partial charge is 0.306 e. The van der Waals surface area contributed by atoms with Gasteiger partial charge in [-0.25, -0.2) is 0 Å². The van der Waals surface area contributed by atoms with Crippen molar-refractivity contribution in [3.05, 3.63) is 0 Å². The quantitative estimate of drug-likeness (QED) is 0.759. The van der Waals surface area contributed by atoms with Gasteiger partial charge in [0.05, 0.1) is 5.92 Å². The Balaban J connectivity index is 1.83. The van der Waals surface area contributed by atoms with Gasteiger partial charge in [-0.3, -0.25) is 4.79 Å². The molecule has 0 spiro atoms. The Morgan fingerprint density at radius 3 is 2.40 bits per heavy atom. The number of likely N-dealkylation sites (tertiary alicyclic amines) is 1. The van der Waals surface area contributed by atoms with E-state index in [9.17, 15) is 4.79 Å². The highest BCUT2D eigenvalue weighted by molar-refractivity contribution is 5.70. The van der Waals surface area contributed by atoms with Crippen molar-refractivity contribution < 1.29 is 9.90 Å². The zero-order valence-electron chi connectivity index (χ0n) is 9.48. The molecule has 3 nitrogen and oxygen atoms in total. The maximum Gasteiger partial charge on any atom is 0.306 e. The summed E-state index contributed by atoms with van der Waals surface area (Å²) >= 11 is 0. The predicted octanol–water partition coefficient (Wildman–Crippen LogP) is 1.97. The van der Waals surface area contributed by atoms with E-state index >= 15 is 0 Å². The highest BCUT2D eigenvalue weighted by Crippen LogP contribution is 2.31. The van der Waals surface area contributed by atoms with E-state index in [-0.39, 0.29) is 5.92 Å². The second-order valence-electron chi connectivity index (χ2n) is 5.22. The van der Waals surface area contributed by atoms with Gasteiger partial charge in [0.1, 0.15) is 0 Å². The number of hydrogen-bond donors (Lipinski definition) is 1. The molecule has 1 saturated carbocycles. The van der Waals surface area contributed by atoms with Crippen LogP contribution in [0.5, 0.6) is 0 Å². The molecule has 86 valence electrons. The minimum atomic E-state index is -0.595. The lowest BCUT2D eigenvalue weighted by Gasteiger charge is -2.34. The van der Waals surface area contributed by atoms with Crippen LogP contribution in [0.2, 0.25) is 0 Å². The molecule has 15 heavy (non-hydrogen) atoms. The van der Waals surface area contributed by atoms with Crippen molar-refractivity contribution in [1.29, 1.82) is 0 Å². The minimum absolute atomic E-state index is 0.0747.